The molecule has 0 fully saturated rings. The first kappa shape index (κ1) is 12.2. The molecule has 0 unspecified atom stereocenters. The van der Waals surface area contributed by atoms with Crippen molar-refractivity contribution in [3.8, 4) is 11.5 Å². The number of hydrogen-bond donors (Lipinski definition) is 1. The Balaban J connectivity index is 2.50. The van der Waals surface area contributed by atoms with E-state index < -0.39 is 12.6 Å². The minimum atomic E-state index is -1.18. The van der Waals surface area contributed by atoms with Gasteiger partial charge in [-0.3, -0.25) is 4.39 Å². The van der Waals surface area contributed by atoms with Gasteiger partial charge in [-0.1, -0.05) is 5.21 Å². The lowest BCUT2D eigenvalue weighted by Gasteiger charge is -2.05. The highest BCUT2D eigenvalue weighted by Gasteiger charge is 2.23. The Kier molecular flexibility index (Phi) is 3.35. The molecule has 0 aliphatic carbocycles. The third-order valence-corrected chi connectivity index (χ3v) is 2.47. The van der Waals surface area contributed by atoms with Gasteiger partial charge in [-0.15, -0.1) is 5.10 Å². The number of nitrogens with zero attached hydrogens (tertiary/aromatic N) is 5. The second-order valence-corrected chi connectivity index (χ2v) is 3.72. The zero-order valence-corrected chi connectivity index (χ0v) is 9.75. The van der Waals surface area contributed by atoms with Crippen LogP contribution in [0.1, 0.15) is 16.9 Å². The molecule has 0 saturated carbocycles. The number of aromatic carboxylic acids is 1. The van der Waals surface area contributed by atoms with Crippen molar-refractivity contribution in [3.63, 3.8) is 0 Å². The molecule has 2 aromatic rings. The maximum absolute atomic E-state index is 12.2. The van der Waals surface area contributed by atoms with E-state index in [1.165, 1.54) is 4.68 Å². The molecule has 0 saturated heterocycles. The van der Waals surface area contributed by atoms with Crippen LogP contribution < -0.4 is 0 Å². The van der Waals surface area contributed by atoms with E-state index >= 15 is 0 Å². The topological polar surface area (TPSA) is 85.8 Å². The van der Waals surface area contributed by atoms with Crippen LogP contribution in [-0.4, -0.2) is 42.3 Å². The smallest absolute Gasteiger partial charge is 0.358 e. The Morgan fingerprint density at radius 2 is 2.33 bits per heavy atom. The Morgan fingerprint density at radius 1 is 1.56 bits per heavy atom. The van der Waals surface area contributed by atoms with Gasteiger partial charge in [0.1, 0.15) is 5.69 Å². The van der Waals surface area contributed by atoms with Crippen molar-refractivity contribution in [1.82, 2.24) is 24.5 Å². The van der Waals surface area contributed by atoms with Gasteiger partial charge in [0.25, 0.3) is 0 Å². The van der Waals surface area contributed by atoms with Crippen molar-refractivity contribution >= 4 is 5.97 Å². The Bertz CT molecular complexity index is 562. The quantitative estimate of drug-likeness (QED) is 0.849. The number of carboxylic acid groups (broad SMARTS) is 1. The standard InChI is InChI=1S/C10H12FN5O2/c1-15-6-4-12-9(15)8-7(10(17)18)13-14-16(8)5-2-3-11/h4,6H,2-3,5H2,1H3,(H,17,18). The van der Waals surface area contributed by atoms with Crippen LogP contribution in [0.15, 0.2) is 12.4 Å². The fourth-order valence-corrected chi connectivity index (χ4v) is 1.64. The number of hydrogen-bond acceptors (Lipinski definition) is 4. The minimum absolute atomic E-state index is 0.178. The highest BCUT2D eigenvalue weighted by atomic mass is 19.1. The van der Waals surface area contributed by atoms with Gasteiger partial charge >= 0.3 is 5.97 Å². The van der Waals surface area contributed by atoms with Crippen molar-refractivity contribution in [2.45, 2.75) is 13.0 Å². The van der Waals surface area contributed by atoms with Gasteiger partial charge in [-0.2, -0.15) is 0 Å². The molecule has 0 amide bonds. The Labute approximate surface area is 102 Å². The number of carboxylic acids is 1. The van der Waals surface area contributed by atoms with Gasteiger partial charge in [-0.05, 0) is 6.42 Å². The molecule has 0 atom stereocenters. The van der Waals surface area contributed by atoms with Crippen molar-refractivity contribution in [3.05, 3.63) is 18.1 Å². The zero-order valence-electron chi connectivity index (χ0n) is 9.75. The van der Waals surface area contributed by atoms with Crippen LogP contribution >= 0.6 is 0 Å². The van der Waals surface area contributed by atoms with Crippen LogP contribution in [0.4, 0.5) is 4.39 Å². The summed E-state index contributed by atoms with van der Waals surface area (Å²) in [5.74, 6) is -0.740. The van der Waals surface area contributed by atoms with E-state index in [0.717, 1.165) is 0 Å². The van der Waals surface area contributed by atoms with E-state index in [9.17, 15) is 9.18 Å². The predicted octanol–water partition coefficient (Wildman–Crippen LogP) is 0.736. The molecule has 0 spiro atoms. The predicted molar refractivity (Wildman–Crippen MR) is 59.8 cm³/mol. The summed E-state index contributed by atoms with van der Waals surface area (Å²) in [4.78, 5) is 15.2. The maximum Gasteiger partial charge on any atom is 0.358 e. The minimum Gasteiger partial charge on any atom is -0.476 e. The molecule has 0 radical (unpaired) electrons. The highest BCUT2D eigenvalue weighted by Crippen LogP contribution is 2.20. The molecule has 2 rings (SSSR count). The summed E-state index contributed by atoms with van der Waals surface area (Å²) in [6.07, 6.45) is 3.49. The van der Waals surface area contributed by atoms with Gasteiger partial charge in [0.15, 0.2) is 5.82 Å². The van der Waals surface area contributed by atoms with Gasteiger partial charge in [-0.25, -0.2) is 14.5 Å². The molecular weight excluding hydrogens is 241 g/mol. The first-order valence-corrected chi connectivity index (χ1v) is 5.35. The normalized spacial score (nSPS) is 10.8. The molecule has 1 N–H and O–H groups in total. The van der Waals surface area contributed by atoms with E-state index in [-0.39, 0.29) is 18.7 Å². The second kappa shape index (κ2) is 4.94. The number of aromatic nitrogens is 5. The zero-order chi connectivity index (χ0) is 13.1. The van der Waals surface area contributed by atoms with Crippen LogP contribution in [0.3, 0.4) is 0 Å². The lowest BCUT2D eigenvalue weighted by molar-refractivity contribution is 0.0691. The van der Waals surface area contributed by atoms with Crippen LogP contribution in [0, 0.1) is 0 Å². The van der Waals surface area contributed by atoms with E-state index in [0.29, 0.717) is 11.5 Å². The molecule has 0 aliphatic heterocycles. The monoisotopic (exact) mass is 253 g/mol. The van der Waals surface area contributed by atoms with Crippen molar-refractivity contribution < 1.29 is 14.3 Å². The van der Waals surface area contributed by atoms with E-state index in [1.54, 1.807) is 24.0 Å². The SMILES string of the molecule is Cn1ccnc1-c1c(C(=O)O)nnn1CCCF. The van der Waals surface area contributed by atoms with E-state index in [4.69, 9.17) is 5.11 Å². The number of imidazole rings is 1. The van der Waals surface area contributed by atoms with Crippen molar-refractivity contribution in [2.75, 3.05) is 6.67 Å². The Hall–Kier alpha value is -2.25. The number of halogens is 1. The van der Waals surface area contributed by atoms with Crippen LogP contribution in [0.5, 0.6) is 0 Å². The molecule has 2 aromatic heterocycles. The first-order chi connectivity index (χ1) is 8.65. The summed E-state index contributed by atoms with van der Waals surface area (Å²) in [7, 11) is 1.74. The Morgan fingerprint density at radius 3 is 2.89 bits per heavy atom. The molecule has 7 nitrogen and oxygen atoms in total. The third kappa shape index (κ3) is 2.08. The molecule has 0 aromatic carbocycles. The number of aryl methyl sites for hydroxylation is 2. The third-order valence-electron chi connectivity index (χ3n) is 2.47. The number of carbonyl (C=O) groups is 1. The largest absolute Gasteiger partial charge is 0.476 e. The fraction of sp³-hybridized carbons (Fsp3) is 0.400. The number of rotatable bonds is 5. The summed E-state index contributed by atoms with van der Waals surface area (Å²) in [5.41, 5.74) is 0.117. The fourth-order valence-electron chi connectivity index (χ4n) is 1.64. The van der Waals surface area contributed by atoms with Crippen LogP contribution in [0.2, 0.25) is 0 Å². The van der Waals surface area contributed by atoms with Crippen molar-refractivity contribution in [2.24, 2.45) is 7.05 Å². The summed E-state index contributed by atoms with van der Waals surface area (Å²) in [6, 6.07) is 0. The van der Waals surface area contributed by atoms with Crippen LogP contribution in [0.25, 0.3) is 11.5 Å². The lowest BCUT2D eigenvalue weighted by Crippen LogP contribution is -2.08. The molecule has 8 heteroatoms. The summed E-state index contributed by atoms with van der Waals surface area (Å²) < 4.78 is 15.2. The van der Waals surface area contributed by atoms with Crippen LogP contribution in [-0.2, 0) is 13.6 Å². The van der Waals surface area contributed by atoms with Gasteiger partial charge < -0.3 is 9.67 Å². The molecule has 96 valence electrons. The van der Waals surface area contributed by atoms with E-state index in [2.05, 4.69) is 15.3 Å². The second-order valence-electron chi connectivity index (χ2n) is 3.72. The summed E-state index contributed by atoms with van der Waals surface area (Å²) in [5, 5.41) is 16.4. The molecule has 0 aliphatic rings. The molecule has 18 heavy (non-hydrogen) atoms. The molecule has 2 heterocycles. The number of alkyl halides is 1. The van der Waals surface area contributed by atoms with Gasteiger partial charge in [0, 0.05) is 26.0 Å². The summed E-state index contributed by atoms with van der Waals surface area (Å²) >= 11 is 0. The van der Waals surface area contributed by atoms with Gasteiger partial charge in [0.2, 0.25) is 5.69 Å². The van der Waals surface area contributed by atoms with Gasteiger partial charge in [0.05, 0.1) is 6.67 Å². The summed E-state index contributed by atoms with van der Waals surface area (Å²) in [6.45, 7) is -0.235. The first-order valence-electron chi connectivity index (χ1n) is 5.35. The maximum atomic E-state index is 12.2. The van der Waals surface area contributed by atoms with E-state index in [1.807, 2.05) is 0 Å². The lowest BCUT2D eigenvalue weighted by atomic mass is 10.3. The van der Waals surface area contributed by atoms with Crippen molar-refractivity contribution in [1.29, 1.82) is 0 Å². The molecular formula is C10H12FN5O2. The highest BCUT2D eigenvalue weighted by molar-refractivity contribution is 5.91. The average molecular weight is 253 g/mol. The molecule has 0 bridgehead atoms. The average Bonchev–Trinajstić information content (AvgIpc) is 2.91.